The molecule has 4 nitrogen and oxygen atoms in total. The highest BCUT2D eigenvalue weighted by Gasteiger charge is 2.10. The van der Waals surface area contributed by atoms with Crippen LogP contribution in [0.2, 0.25) is 5.02 Å². The molecule has 1 amide bonds. The van der Waals surface area contributed by atoms with Crippen LogP contribution in [0.1, 0.15) is 10.4 Å². The molecule has 0 aliphatic carbocycles. The van der Waals surface area contributed by atoms with Gasteiger partial charge in [-0.2, -0.15) is 0 Å². The minimum atomic E-state index is -0.300. The van der Waals surface area contributed by atoms with Crippen LogP contribution in [0.3, 0.4) is 0 Å². The minimum absolute atomic E-state index is 0.300. The maximum Gasteiger partial charge on any atom is 0.258 e. The second kappa shape index (κ2) is 4.72. The third kappa shape index (κ3) is 2.35. The largest absolute Gasteiger partial charge is 0.307 e. The molecule has 0 atom stereocenters. The number of nitrogens with one attached hydrogen (secondary N) is 1. The van der Waals surface area contributed by atoms with Crippen molar-refractivity contribution in [2.75, 3.05) is 5.32 Å². The summed E-state index contributed by atoms with van der Waals surface area (Å²) in [5.41, 5.74) is 0.377. The van der Waals surface area contributed by atoms with Crippen LogP contribution in [0.15, 0.2) is 42.9 Å². The van der Waals surface area contributed by atoms with E-state index >= 15 is 0 Å². The third-order valence-electron chi connectivity index (χ3n) is 1.92. The first-order valence-electron chi connectivity index (χ1n) is 4.59. The van der Waals surface area contributed by atoms with Gasteiger partial charge in [-0.05, 0) is 18.2 Å². The van der Waals surface area contributed by atoms with E-state index in [1.807, 2.05) is 0 Å². The lowest BCUT2D eigenvalue weighted by atomic mass is 10.2. The fraction of sp³-hybridized carbons (Fsp3) is 0. The van der Waals surface area contributed by atoms with Crippen molar-refractivity contribution in [3.05, 3.63) is 53.4 Å². The third-order valence-corrected chi connectivity index (χ3v) is 2.22. The molecule has 0 saturated heterocycles. The Morgan fingerprint density at radius 2 is 2.12 bits per heavy atom. The smallest absolute Gasteiger partial charge is 0.258 e. The molecule has 2 aromatic rings. The van der Waals surface area contributed by atoms with Crippen molar-refractivity contribution in [2.45, 2.75) is 0 Å². The minimum Gasteiger partial charge on any atom is -0.307 e. The van der Waals surface area contributed by atoms with Gasteiger partial charge >= 0.3 is 0 Å². The standard InChI is InChI=1S/C11H8ClN3O/c12-9-7-13-6-4-8(9)11(16)15-10-3-1-2-5-14-10/h1-7H,(H,14,15,16). The van der Waals surface area contributed by atoms with Gasteiger partial charge in [0, 0.05) is 18.6 Å². The molecule has 0 unspecified atom stereocenters. The highest BCUT2D eigenvalue weighted by atomic mass is 35.5. The van der Waals surface area contributed by atoms with Crippen LogP contribution in [0, 0.1) is 0 Å². The predicted octanol–water partition coefficient (Wildman–Crippen LogP) is 2.38. The van der Waals surface area contributed by atoms with E-state index in [0.29, 0.717) is 16.4 Å². The van der Waals surface area contributed by atoms with Crippen molar-refractivity contribution in [3.63, 3.8) is 0 Å². The maximum atomic E-state index is 11.8. The van der Waals surface area contributed by atoms with E-state index in [4.69, 9.17) is 11.6 Å². The Bertz CT molecular complexity index is 502. The van der Waals surface area contributed by atoms with Gasteiger partial charge in [-0.15, -0.1) is 0 Å². The molecule has 0 aromatic carbocycles. The number of amides is 1. The van der Waals surface area contributed by atoms with E-state index in [1.165, 1.54) is 12.4 Å². The summed E-state index contributed by atoms with van der Waals surface area (Å²) in [7, 11) is 0. The van der Waals surface area contributed by atoms with E-state index < -0.39 is 0 Å². The molecular weight excluding hydrogens is 226 g/mol. The molecule has 80 valence electrons. The Kier molecular flexibility index (Phi) is 3.12. The molecule has 5 heteroatoms. The van der Waals surface area contributed by atoms with Crippen LogP contribution in [0.5, 0.6) is 0 Å². The Hall–Kier alpha value is -1.94. The quantitative estimate of drug-likeness (QED) is 0.867. The number of carbonyl (C=O) groups is 1. The van der Waals surface area contributed by atoms with Crippen LogP contribution in [-0.4, -0.2) is 15.9 Å². The lowest BCUT2D eigenvalue weighted by Crippen LogP contribution is -2.13. The van der Waals surface area contributed by atoms with E-state index in [2.05, 4.69) is 15.3 Å². The molecule has 1 N–H and O–H groups in total. The van der Waals surface area contributed by atoms with Crippen molar-refractivity contribution in [1.29, 1.82) is 0 Å². The van der Waals surface area contributed by atoms with Crippen molar-refractivity contribution >= 4 is 23.3 Å². The SMILES string of the molecule is O=C(Nc1ccccn1)c1ccncc1Cl. The van der Waals surface area contributed by atoms with Gasteiger partial charge in [0.15, 0.2) is 0 Å². The summed E-state index contributed by atoms with van der Waals surface area (Å²) >= 11 is 5.84. The number of aromatic nitrogens is 2. The highest BCUT2D eigenvalue weighted by Crippen LogP contribution is 2.14. The summed E-state index contributed by atoms with van der Waals surface area (Å²) in [4.78, 5) is 19.6. The second-order valence-corrected chi connectivity index (χ2v) is 3.43. The van der Waals surface area contributed by atoms with Gasteiger partial charge in [0.05, 0.1) is 10.6 Å². The summed E-state index contributed by atoms with van der Waals surface area (Å²) in [5, 5.41) is 2.95. The fourth-order valence-electron chi connectivity index (χ4n) is 1.18. The number of anilines is 1. The first-order chi connectivity index (χ1) is 7.77. The molecule has 0 spiro atoms. The topological polar surface area (TPSA) is 54.9 Å². The lowest BCUT2D eigenvalue weighted by Gasteiger charge is -2.04. The first-order valence-corrected chi connectivity index (χ1v) is 4.97. The molecule has 0 radical (unpaired) electrons. The number of hydrogen-bond acceptors (Lipinski definition) is 3. The molecule has 0 aliphatic heterocycles. The number of hydrogen-bond donors (Lipinski definition) is 1. The van der Waals surface area contributed by atoms with Crippen molar-refractivity contribution in [1.82, 2.24) is 9.97 Å². The average molecular weight is 234 g/mol. The summed E-state index contributed by atoms with van der Waals surface area (Å²) in [6.07, 6.45) is 4.54. The molecule has 0 aliphatic rings. The predicted molar refractivity (Wildman–Crippen MR) is 61.4 cm³/mol. The normalized spacial score (nSPS) is 9.81. The number of halogens is 1. The van der Waals surface area contributed by atoms with Gasteiger partial charge in [-0.1, -0.05) is 17.7 Å². The fourth-order valence-corrected chi connectivity index (χ4v) is 1.38. The van der Waals surface area contributed by atoms with Gasteiger partial charge in [-0.25, -0.2) is 4.98 Å². The van der Waals surface area contributed by atoms with Crippen molar-refractivity contribution in [3.8, 4) is 0 Å². The van der Waals surface area contributed by atoms with E-state index in [-0.39, 0.29) is 5.91 Å². The molecule has 0 saturated carbocycles. The van der Waals surface area contributed by atoms with Crippen LogP contribution in [0.25, 0.3) is 0 Å². The zero-order chi connectivity index (χ0) is 11.4. The van der Waals surface area contributed by atoms with Gasteiger partial charge in [0.25, 0.3) is 5.91 Å². The molecule has 16 heavy (non-hydrogen) atoms. The molecule has 0 bridgehead atoms. The van der Waals surface area contributed by atoms with Gasteiger partial charge in [-0.3, -0.25) is 9.78 Å². The van der Waals surface area contributed by atoms with Gasteiger partial charge < -0.3 is 5.32 Å². The Morgan fingerprint density at radius 3 is 2.81 bits per heavy atom. The number of pyridine rings is 2. The Labute approximate surface area is 97.3 Å². The van der Waals surface area contributed by atoms with Crippen LogP contribution >= 0.6 is 11.6 Å². The van der Waals surface area contributed by atoms with Crippen LogP contribution in [0.4, 0.5) is 5.82 Å². The second-order valence-electron chi connectivity index (χ2n) is 3.02. The van der Waals surface area contributed by atoms with E-state index in [1.54, 1.807) is 30.5 Å². The molecule has 0 fully saturated rings. The Morgan fingerprint density at radius 1 is 1.25 bits per heavy atom. The van der Waals surface area contributed by atoms with E-state index in [0.717, 1.165) is 0 Å². The Balaban J connectivity index is 2.19. The first kappa shape index (κ1) is 10.6. The van der Waals surface area contributed by atoms with Crippen molar-refractivity contribution in [2.24, 2.45) is 0 Å². The zero-order valence-corrected chi connectivity index (χ0v) is 8.98. The maximum absolute atomic E-state index is 11.8. The van der Waals surface area contributed by atoms with Gasteiger partial charge in [0.2, 0.25) is 0 Å². The molecule has 2 rings (SSSR count). The van der Waals surface area contributed by atoms with Crippen LogP contribution in [-0.2, 0) is 0 Å². The van der Waals surface area contributed by atoms with Gasteiger partial charge in [0.1, 0.15) is 5.82 Å². The summed E-state index contributed by atoms with van der Waals surface area (Å²) in [6.45, 7) is 0. The monoisotopic (exact) mass is 233 g/mol. The summed E-state index contributed by atoms with van der Waals surface area (Å²) < 4.78 is 0. The summed E-state index contributed by atoms with van der Waals surface area (Å²) in [5.74, 6) is 0.187. The van der Waals surface area contributed by atoms with Crippen molar-refractivity contribution < 1.29 is 4.79 Å². The number of nitrogens with zero attached hydrogens (tertiary/aromatic N) is 2. The number of rotatable bonds is 2. The summed E-state index contributed by atoms with van der Waals surface area (Å²) in [6, 6.07) is 6.82. The zero-order valence-electron chi connectivity index (χ0n) is 8.22. The highest BCUT2D eigenvalue weighted by molar-refractivity contribution is 6.34. The molecular formula is C11H8ClN3O. The van der Waals surface area contributed by atoms with E-state index in [9.17, 15) is 4.79 Å². The molecule has 2 aromatic heterocycles. The average Bonchev–Trinajstić information content (AvgIpc) is 2.31. The van der Waals surface area contributed by atoms with Crippen LogP contribution < -0.4 is 5.32 Å². The number of carbonyl (C=O) groups excluding carboxylic acids is 1. The lowest BCUT2D eigenvalue weighted by molar-refractivity contribution is 0.102. The molecule has 2 heterocycles.